The predicted molar refractivity (Wildman–Crippen MR) is 62.7 cm³/mol. The van der Waals surface area contributed by atoms with E-state index in [2.05, 4.69) is 4.98 Å². The monoisotopic (exact) mass is 239 g/mol. The summed E-state index contributed by atoms with van der Waals surface area (Å²) in [5.74, 6) is 0.874. The SMILES string of the molecule is COc1cc2c(=O)[nH]ccc2c(Cl)c1OC. The maximum Gasteiger partial charge on any atom is 0.256 e. The number of methoxy groups -OCH3 is 2. The zero-order chi connectivity index (χ0) is 11.7. The molecule has 0 amide bonds. The Balaban J connectivity index is 2.93. The Morgan fingerprint density at radius 3 is 2.62 bits per heavy atom. The molecule has 1 N–H and O–H groups in total. The van der Waals surface area contributed by atoms with Crippen molar-refractivity contribution in [1.29, 1.82) is 0 Å². The van der Waals surface area contributed by atoms with Crippen LogP contribution in [0, 0.1) is 0 Å². The first-order valence-electron chi connectivity index (χ1n) is 4.61. The quantitative estimate of drug-likeness (QED) is 0.874. The van der Waals surface area contributed by atoms with Gasteiger partial charge in [0.15, 0.2) is 11.5 Å². The van der Waals surface area contributed by atoms with Gasteiger partial charge in [0.1, 0.15) is 0 Å². The number of aromatic amines is 1. The Kier molecular flexibility index (Phi) is 2.75. The lowest BCUT2D eigenvalue weighted by molar-refractivity contribution is 0.356. The summed E-state index contributed by atoms with van der Waals surface area (Å²) in [6, 6.07) is 3.33. The number of fused-ring (bicyclic) bond motifs is 1. The average molecular weight is 240 g/mol. The van der Waals surface area contributed by atoms with Crippen LogP contribution in [0.3, 0.4) is 0 Å². The topological polar surface area (TPSA) is 51.3 Å². The van der Waals surface area contributed by atoms with Crippen LogP contribution in [0.2, 0.25) is 5.02 Å². The van der Waals surface area contributed by atoms with Crippen molar-refractivity contribution in [3.8, 4) is 11.5 Å². The van der Waals surface area contributed by atoms with Crippen molar-refractivity contribution in [2.24, 2.45) is 0 Å². The number of halogens is 1. The number of nitrogens with one attached hydrogen (secondary N) is 1. The molecule has 0 unspecified atom stereocenters. The molecule has 5 heteroatoms. The van der Waals surface area contributed by atoms with E-state index in [0.29, 0.717) is 27.3 Å². The molecule has 4 nitrogen and oxygen atoms in total. The standard InChI is InChI=1S/C11H10ClNO3/c1-15-8-5-7-6(3-4-13-11(7)14)9(12)10(8)16-2/h3-5H,1-2H3,(H,13,14). The van der Waals surface area contributed by atoms with E-state index in [9.17, 15) is 4.79 Å². The molecule has 1 heterocycles. The summed E-state index contributed by atoms with van der Waals surface area (Å²) >= 11 is 6.14. The second-order valence-corrected chi connectivity index (χ2v) is 3.57. The molecular formula is C11H10ClNO3. The van der Waals surface area contributed by atoms with E-state index in [1.165, 1.54) is 14.2 Å². The number of hydrogen-bond donors (Lipinski definition) is 1. The third kappa shape index (κ3) is 1.51. The summed E-state index contributed by atoms with van der Waals surface area (Å²) in [6.45, 7) is 0. The molecule has 0 saturated heterocycles. The van der Waals surface area contributed by atoms with Crippen LogP contribution in [0.4, 0.5) is 0 Å². The van der Waals surface area contributed by atoms with E-state index >= 15 is 0 Å². The van der Waals surface area contributed by atoms with Crippen LogP contribution in [0.5, 0.6) is 11.5 Å². The Morgan fingerprint density at radius 2 is 2.00 bits per heavy atom. The van der Waals surface area contributed by atoms with Crippen LogP contribution in [0.25, 0.3) is 10.8 Å². The van der Waals surface area contributed by atoms with Gasteiger partial charge < -0.3 is 14.5 Å². The molecule has 2 rings (SSSR count). The molecule has 1 aromatic heterocycles. The first-order valence-corrected chi connectivity index (χ1v) is 4.98. The van der Waals surface area contributed by atoms with Gasteiger partial charge in [-0.1, -0.05) is 11.6 Å². The third-order valence-electron chi connectivity index (χ3n) is 2.36. The molecule has 1 aromatic carbocycles. The highest BCUT2D eigenvalue weighted by Crippen LogP contribution is 2.39. The van der Waals surface area contributed by atoms with Gasteiger partial charge in [-0.05, 0) is 12.1 Å². The van der Waals surface area contributed by atoms with Crippen LogP contribution in [0.1, 0.15) is 0 Å². The fourth-order valence-corrected chi connectivity index (χ4v) is 1.93. The maximum absolute atomic E-state index is 11.6. The number of aromatic nitrogens is 1. The molecule has 0 bridgehead atoms. The number of benzene rings is 1. The smallest absolute Gasteiger partial charge is 0.256 e. The molecule has 0 aliphatic rings. The minimum absolute atomic E-state index is 0.208. The van der Waals surface area contributed by atoms with Crippen LogP contribution in [-0.2, 0) is 0 Å². The van der Waals surface area contributed by atoms with Gasteiger partial charge in [-0.2, -0.15) is 0 Å². The third-order valence-corrected chi connectivity index (χ3v) is 2.73. The normalized spacial score (nSPS) is 10.4. The van der Waals surface area contributed by atoms with Crippen molar-refractivity contribution in [2.45, 2.75) is 0 Å². The molecule has 0 atom stereocenters. The van der Waals surface area contributed by atoms with Crippen LogP contribution < -0.4 is 15.0 Å². The minimum Gasteiger partial charge on any atom is -0.493 e. The van der Waals surface area contributed by atoms with Gasteiger partial charge in [0, 0.05) is 11.6 Å². The summed E-state index contributed by atoms with van der Waals surface area (Å²) in [5.41, 5.74) is -0.208. The first kappa shape index (κ1) is 10.8. The second kappa shape index (κ2) is 4.06. The summed E-state index contributed by atoms with van der Waals surface area (Å²) in [5, 5.41) is 1.50. The van der Waals surface area contributed by atoms with Crippen molar-refractivity contribution < 1.29 is 9.47 Å². The molecule has 0 spiro atoms. The Morgan fingerprint density at radius 1 is 1.25 bits per heavy atom. The van der Waals surface area contributed by atoms with Gasteiger partial charge in [-0.25, -0.2) is 0 Å². The van der Waals surface area contributed by atoms with Gasteiger partial charge >= 0.3 is 0 Å². The summed E-state index contributed by atoms with van der Waals surface area (Å²) in [4.78, 5) is 14.2. The van der Waals surface area contributed by atoms with Crippen LogP contribution >= 0.6 is 11.6 Å². The number of H-pyrrole nitrogens is 1. The number of hydrogen-bond acceptors (Lipinski definition) is 3. The highest BCUT2D eigenvalue weighted by molar-refractivity contribution is 6.37. The summed E-state index contributed by atoms with van der Waals surface area (Å²) in [7, 11) is 3.00. The summed E-state index contributed by atoms with van der Waals surface area (Å²) in [6.07, 6.45) is 1.54. The van der Waals surface area contributed by atoms with Gasteiger partial charge in [-0.15, -0.1) is 0 Å². The van der Waals surface area contributed by atoms with Crippen molar-refractivity contribution in [3.63, 3.8) is 0 Å². The molecule has 0 saturated carbocycles. The zero-order valence-corrected chi connectivity index (χ0v) is 9.59. The fourth-order valence-electron chi connectivity index (χ4n) is 1.59. The summed E-state index contributed by atoms with van der Waals surface area (Å²) < 4.78 is 10.3. The molecule has 84 valence electrons. The molecule has 2 aromatic rings. The lowest BCUT2D eigenvalue weighted by Gasteiger charge is -2.11. The molecule has 16 heavy (non-hydrogen) atoms. The van der Waals surface area contributed by atoms with E-state index in [4.69, 9.17) is 21.1 Å². The van der Waals surface area contributed by atoms with Crippen molar-refractivity contribution in [2.75, 3.05) is 14.2 Å². The van der Waals surface area contributed by atoms with Crippen molar-refractivity contribution in [1.82, 2.24) is 4.98 Å². The first-order chi connectivity index (χ1) is 7.69. The van der Waals surface area contributed by atoms with Crippen LogP contribution in [0.15, 0.2) is 23.1 Å². The molecule has 0 aliphatic carbocycles. The number of ether oxygens (including phenoxy) is 2. The maximum atomic E-state index is 11.6. The zero-order valence-electron chi connectivity index (χ0n) is 8.83. The predicted octanol–water partition coefficient (Wildman–Crippen LogP) is 2.20. The minimum atomic E-state index is -0.208. The van der Waals surface area contributed by atoms with Gasteiger partial charge in [0.05, 0.1) is 24.6 Å². The molecule has 0 radical (unpaired) electrons. The van der Waals surface area contributed by atoms with Crippen molar-refractivity contribution in [3.05, 3.63) is 33.7 Å². The van der Waals surface area contributed by atoms with Gasteiger partial charge in [-0.3, -0.25) is 4.79 Å². The number of rotatable bonds is 2. The van der Waals surface area contributed by atoms with E-state index in [0.717, 1.165) is 0 Å². The Labute approximate surface area is 96.8 Å². The Hall–Kier alpha value is -1.68. The lowest BCUT2D eigenvalue weighted by atomic mass is 10.1. The van der Waals surface area contributed by atoms with E-state index < -0.39 is 0 Å². The van der Waals surface area contributed by atoms with E-state index in [-0.39, 0.29) is 5.56 Å². The fraction of sp³-hybridized carbons (Fsp3) is 0.182. The van der Waals surface area contributed by atoms with Gasteiger partial charge in [0.25, 0.3) is 5.56 Å². The average Bonchev–Trinajstić information content (AvgIpc) is 2.30. The van der Waals surface area contributed by atoms with Crippen LogP contribution in [-0.4, -0.2) is 19.2 Å². The largest absolute Gasteiger partial charge is 0.493 e. The second-order valence-electron chi connectivity index (χ2n) is 3.19. The highest BCUT2D eigenvalue weighted by Gasteiger charge is 2.14. The highest BCUT2D eigenvalue weighted by atomic mass is 35.5. The van der Waals surface area contributed by atoms with E-state index in [1.54, 1.807) is 18.3 Å². The lowest BCUT2D eigenvalue weighted by Crippen LogP contribution is -2.05. The molecule has 0 aliphatic heterocycles. The Bertz CT molecular complexity index is 592. The molecular weight excluding hydrogens is 230 g/mol. The molecule has 0 fully saturated rings. The van der Waals surface area contributed by atoms with E-state index in [1.807, 2.05) is 0 Å². The number of pyridine rings is 1. The van der Waals surface area contributed by atoms with Gasteiger partial charge in [0.2, 0.25) is 0 Å². The van der Waals surface area contributed by atoms with Crippen molar-refractivity contribution >= 4 is 22.4 Å².